The Bertz CT molecular complexity index is 919. The summed E-state index contributed by atoms with van der Waals surface area (Å²) in [5.41, 5.74) is 0.267. The first-order valence-corrected chi connectivity index (χ1v) is 9.70. The average Bonchev–Trinajstić information content (AvgIpc) is 3.42. The molecule has 30 heavy (non-hydrogen) atoms. The number of urea groups is 1. The molecule has 1 fully saturated rings. The van der Waals surface area contributed by atoms with Gasteiger partial charge in [-0.05, 0) is 44.0 Å². The molecule has 1 saturated carbocycles. The van der Waals surface area contributed by atoms with E-state index in [0.717, 1.165) is 25.7 Å². The second kappa shape index (κ2) is 9.73. The predicted molar refractivity (Wildman–Crippen MR) is 107 cm³/mol. The first kappa shape index (κ1) is 21.1. The summed E-state index contributed by atoms with van der Waals surface area (Å²) in [6, 6.07) is 8.71. The zero-order valence-corrected chi connectivity index (χ0v) is 16.5. The smallest absolute Gasteiger partial charge is 0.341 e. The van der Waals surface area contributed by atoms with Crippen LogP contribution >= 0.6 is 0 Å². The molecule has 0 spiro atoms. The van der Waals surface area contributed by atoms with E-state index in [2.05, 4.69) is 16.0 Å². The number of nitrogens with one attached hydrogen (secondary N) is 3. The van der Waals surface area contributed by atoms with Gasteiger partial charge in [0.05, 0.1) is 17.5 Å². The van der Waals surface area contributed by atoms with Crippen LogP contribution in [0.3, 0.4) is 0 Å². The number of furan rings is 1. The Labute approximate surface area is 173 Å². The molecular weight excluding hydrogens is 390 g/mol. The quantitative estimate of drug-likeness (QED) is 0.625. The number of carbonyl (C=O) groups is 4. The van der Waals surface area contributed by atoms with Gasteiger partial charge in [-0.1, -0.05) is 25.0 Å². The van der Waals surface area contributed by atoms with E-state index in [-0.39, 0.29) is 23.1 Å². The third-order valence-electron chi connectivity index (χ3n) is 4.72. The summed E-state index contributed by atoms with van der Waals surface area (Å²) in [5.74, 6) is -2.01. The van der Waals surface area contributed by atoms with Crippen molar-refractivity contribution in [2.45, 2.75) is 44.8 Å². The third-order valence-corrected chi connectivity index (χ3v) is 4.72. The van der Waals surface area contributed by atoms with E-state index < -0.39 is 29.9 Å². The Morgan fingerprint density at radius 2 is 1.80 bits per heavy atom. The number of anilines is 1. The fourth-order valence-corrected chi connectivity index (χ4v) is 3.14. The SMILES string of the molecule is C[C@H](OC(=O)c1ccccc1NC(=O)c1ccco1)C(=O)NC(=O)NC1CCCC1. The lowest BCUT2D eigenvalue weighted by atomic mass is 10.1. The molecule has 0 aliphatic heterocycles. The fraction of sp³-hybridized carbons (Fsp3) is 0.333. The minimum absolute atomic E-state index is 0.0558. The topological polar surface area (TPSA) is 127 Å². The molecule has 9 heteroatoms. The lowest BCUT2D eigenvalue weighted by molar-refractivity contribution is -0.127. The minimum atomic E-state index is -1.21. The van der Waals surface area contributed by atoms with Crippen molar-refractivity contribution >= 4 is 29.5 Å². The van der Waals surface area contributed by atoms with E-state index in [1.165, 1.54) is 31.4 Å². The van der Waals surface area contributed by atoms with Gasteiger partial charge in [-0.2, -0.15) is 0 Å². The molecule has 1 aliphatic carbocycles. The summed E-state index contributed by atoms with van der Waals surface area (Å²) in [7, 11) is 0. The zero-order valence-electron chi connectivity index (χ0n) is 16.5. The van der Waals surface area contributed by atoms with Crippen LogP contribution in [0.1, 0.15) is 53.5 Å². The molecule has 1 heterocycles. The van der Waals surface area contributed by atoms with Crippen LogP contribution < -0.4 is 16.0 Å². The van der Waals surface area contributed by atoms with Crippen molar-refractivity contribution < 1.29 is 28.3 Å². The lowest BCUT2D eigenvalue weighted by Gasteiger charge is -2.16. The Hall–Kier alpha value is -3.62. The van der Waals surface area contributed by atoms with Gasteiger partial charge >= 0.3 is 12.0 Å². The highest BCUT2D eigenvalue weighted by Crippen LogP contribution is 2.19. The summed E-state index contributed by atoms with van der Waals surface area (Å²) >= 11 is 0. The summed E-state index contributed by atoms with van der Waals surface area (Å²) in [5, 5.41) is 7.48. The van der Waals surface area contributed by atoms with Crippen LogP contribution in [0.15, 0.2) is 47.1 Å². The lowest BCUT2D eigenvalue weighted by Crippen LogP contribution is -2.47. The highest BCUT2D eigenvalue weighted by atomic mass is 16.5. The molecule has 0 saturated heterocycles. The van der Waals surface area contributed by atoms with Crippen molar-refractivity contribution in [2.24, 2.45) is 0 Å². The summed E-state index contributed by atoms with van der Waals surface area (Å²) in [6.45, 7) is 1.36. The highest BCUT2D eigenvalue weighted by Gasteiger charge is 2.24. The first-order chi connectivity index (χ1) is 14.4. The van der Waals surface area contributed by atoms with Crippen molar-refractivity contribution in [2.75, 3.05) is 5.32 Å². The molecule has 1 atom stereocenters. The molecule has 0 radical (unpaired) electrons. The summed E-state index contributed by atoms with van der Waals surface area (Å²) in [6.07, 6.45) is 4.00. The zero-order chi connectivity index (χ0) is 21.5. The maximum Gasteiger partial charge on any atom is 0.341 e. The van der Waals surface area contributed by atoms with Crippen molar-refractivity contribution in [1.82, 2.24) is 10.6 Å². The number of hydrogen-bond acceptors (Lipinski definition) is 6. The van der Waals surface area contributed by atoms with Gasteiger partial charge in [-0.25, -0.2) is 9.59 Å². The number of rotatable bonds is 6. The van der Waals surface area contributed by atoms with Gasteiger partial charge in [0.2, 0.25) is 0 Å². The number of hydrogen-bond donors (Lipinski definition) is 3. The van der Waals surface area contributed by atoms with Gasteiger partial charge in [-0.15, -0.1) is 0 Å². The number of carbonyl (C=O) groups excluding carboxylic acids is 4. The number of esters is 1. The average molecular weight is 413 g/mol. The maximum atomic E-state index is 12.5. The third kappa shape index (κ3) is 5.47. The van der Waals surface area contributed by atoms with Crippen LogP contribution in [0.4, 0.5) is 10.5 Å². The van der Waals surface area contributed by atoms with Crippen LogP contribution in [0.25, 0.3) is 0 Å². The van der Waals surface area contributed by atoms with Crippen LogP contribution in [0.5, 0.6) is 0 Å². The largest absolute Gasteiger partial charge is 0.459 e. The fourth-order valence-electron chi connectivity index (χ4n) is 3.14. The van der Waals surface area contributed by atoms with Crippen molar-refractivity contribution in [3.63, 3.8) is 0 Å². The molecule has 0 unspecified atom stereocenters. The second-order valence-electron chi connectivity index (χ2n) is 6.97. The normalized spacial score (nSPS) is 14.6. The van der Waals surface area contributed by atoms with Gasteiger partial charge < -0.3 is 19.8 Å². The van der Waals surface area contributed by atoms with Gasteiger partial charge in [0.15, 0.2) is 11.9 Å². The Kier molecular flexibility index (Phi) is 6.84. The van der Waals surface area contributed by atoms with Gasteiger partial charge in [-0.3, -0.25) is 14.9 Å². The van der Waals surface area contributed by atoms with Crippen molar-refractivity contribution in [1.29, 1.82) is 0 Å². The Balaban J connectivity index is 1.57. The van der Waals surface area contributed by atoms with Crippen molar-refractivity contribution in [3.8, 4) is 0 Å². The number of benzene rings is 1. The number of para-hydroxylation sites is 1. The summed E-state index contributed by atoms with van der Waals surface area (Å²) < 4.78 is 10.2. The van der Waals surface area contributed by atoms with E-state index in [0.29, 0.717) is 0 Å². The number of ether oxygens (including phenoxy) is 1. The monoisotopic (exact) mass is 413 g/mol. The van der Waals surface area contributed by atoms with E-state index >= 15 is 0 Å². The molecule has 2 aromatic rings. The van der Waals surface area contributed by atoms with E-state index in [1.54, 1.807) is 18.2 Å². The van der Waals surface area contributed by atoms with E-state index in [9.17, 15) is 19.2 Å². The molecule has 3 N–H and O–H groups in total. The molecule has 1 aliphatic rings. The van der Waals surface area contributed by atoms with Crippen molar-refractivity contribution in [3.05, 3.63) is 54.0 Å². The Morgan fingerprint density at radius 1 is 1.07 bits per heavy atom. The van der Waals surface area contributed by atoms with E-state index in [4.69, 9.17) is 9.15 Å². The molecule has 0 bridgehead atoms. The standard InChI is InChI=1S/C21H23N3O6/c1-13(18(25)24-21(28)22-14-7-2-3-8-14)30-20(27)15-9-4-5-10-16(15)23-19(26)17-11-6-12-29-17/h4-6,9-14H,2-3,7-8H2,1H3,(H,23,26)(H2,22,24,25,28)/t13-/m0/s1. The molecule has 1 aromatic carbocycles. The first-order valence-electron chi connectivity index (χ1n) is 9.70. The van der Waals surface area contributed by atoms with Crippen LogP contribution in [0, 0.1) is 0 Å². The highest BCUT2D eigenvalue weighted by molar-refractivity contribution is 6.07. The van der Waals surface area contributed by atoms with Crippen LogP contribution in [-0.2, 0) is 9.53 Å². The van der Waals surface area contributed by atoms with Crippen LogP contribution in [-0.4, -0.2) is 36.0 Å². The molecular formula is C21H23N3O6. The molecule has 158 valence electrons. The molecule has 1 aromatic heterocycles. The second-order valence-corrected chi connectivity index (χ2v) is 6.97. The minimum Gasteiger partial charge on any atom is -0.459 e. The number of amides is 4. The summed E-state index contributed by atoms with van der Waals surface area (Å²) in [4.78, 5) is 48.8. The van der Waals surface area contributed by atoms with Gasteiger partial charge in [0.25, 0.3) is 11.8 Å². The predicted octanol–water partition coefficient (Wildman–Crippen LogP) is 2.85. The molecule has 9 nitrogen and oxygen atoms in total. The maximum absolute atomic E-state index is 12.5. The molecule has 4 amide bonds. The van der Waals surface area contributed by atoms with Gasteiger partial charge in [0, 0.05) is 6.04 Å². The molecule has 3 rings (SSSR count). The Morgan fingerprint density at radius 3 is 2.50 bits per heavy atom. The van der Waals surface area contributed by atoms with E-state index in [1.807, 2.05) is 0 Å². The van der Waals surface area contributed by atoms with Crippen LogP contribution in [0.2, 0.25) is 0 Å². The van der Waals surface area contributed by atoms with Gasteiger partial charge in [0.1, 0.15) is 0 Å². The number of imide groups is 1.